The van der Waals surface area contributed by atoms with Crippen LogP contribution in [-0.2, 0) is 31.6 Å². The highest BCUT2D eigenvalue weighted by Gasteiger charge is 2.42. The first-order valence-corrected chi connectivity index (χ1v) is 16.5. The predicted molar refractivity (Wildman–Crippen MR) is 188 cm³/mol. The van der Waals surface area contributed by atoms with Gasteiger partial charge in [-0.3, -0.25) is 19.2 Å². The van der Waals surface area contributed by atoms with Crippen molar-refractivity contribution >= 4 is 34.6 Å². The number of nitrogens with zero attached hydrogens (tertiary/aromatic N) is 2. The van der Waals surface area contributed by atoms with E-state index < -0.39 is 41.0 Å². The van der Waals surface area contributed by atoms with Crippen molar-refractivity contribution in [1.29, 1.82) is 0 Å². The zero-order chi connectivity index (χ0) is 35.9. The third-order valence-corrected chi connectivity index (χ3v) is 9.06. The second kappa shape index (κ2) is 16.4. The summed E-state index contributed by atoms with van der Waals surface area (Å²) in [6.45, 7) is 15.9. The van der Waals surface area contributed by atoms with Crippen LogP contribution in [0.5, 0.6) is 0 Å². The van der Waals surface area contributed by atoms with Crippen molar-refractivity contribution in [3.63, 3.8) is 0 Å². The number of rotatable bonds is 16. The number of amides is 3. The lowest BCUT2D eigenvalue weighted by Crippen LogP contribution is -2.61. The molecule has 0 saturated carbocycles. The second-order valence-electron chi connectivity index (χ2n) is 14.7. The first kappa shape index (κ1) is 39.5. The van der Waals surface area contributed by atoms with Gasteiger partial charge in [-0.1, -0.05) is 72.7 Å². The van der Waals surface area contributed by atoms with E-state index in [2.05, 4.69) is 38.8 Å². The summed E-state index contributed by atoms with van der Waals surface area (Å²) in [5.41, 5.74) is 6.89. The molecule has 2 aromatic rings. The van der Waals surface area contributed by atoms with Gasteiger partial charge in [-0.05, 0) is 56.2 Å². The molecule has 0 radical (unpaired) electrons. The highest BCUT2D eigenvalue weighted by atomic mass is 16.4. The van der Waals surface area contributed by atoms with E-state index in [9.17, 15) is 19.2 Å². The van der Waals surface area contributed by atoms with Crippen LogP contribution in [0.2, 0.25) is 0 Å². The molecular formula is C36H58N6O5. The minimum absolute atomic E-state index is 0.0177. The van der Waals surface area contributed by atoms with Crippen molar-refractivity contribution in [2.75, 3.05) is 20.6 Å². The van der Waals surface area contributed by atoms with Crippen LogP contribution >= 0.6 is 0 Å². The first-order valence-electron chi connectivity index (χ1n) is 16.5. The standard InChI is InChI=1S/C36H58N6O5/c1-22(2)28(20-23(3)31(43)39-19-15-14-17-26(37)34(46)47)42(11)33(45)30(35(4,5)6)40-32(44)29(38-9)36(7,8)25-21-41(10)27-18-13-12-16-24(25)27/h12-13,16,18,20-22,26,28-30,38H,14-15,17,19,37H2,1-11H3,(H,39,43)(H,40,44)(H,46,47)/b23-20+/t26-,28-,29-,30-/m1/s1. The molecular weight excluding hydrogens is 596 g/mol. The van der Waals surface area contributed by atoms with Gasteiger partial charge in [0.2, 0.25) is 17.7 Å². The number of aliphatic carboxylic acids is 1. The van der Waals surface area contributed by atoms with Gasteiger partial charge in [-0.2, -0.15) is 0 Å². The monoisotopic (exact) mass is 654 g/mol. The number of aryl methyl sites for hydroxylation is 1. The number of para-hydroxylation sites is 1. The summed E-state index contributed by atoms with van der Waals surface area (Å²) >= 11 is 0. The summed E-state index contributed by atoms with van der Waals surface area (Å²) in [7, 11) is 5.46. The van der Waals surface area contributed by atoms with Crippen LogP contribution in [-0.4, -0.2) is 83.1 Å². The van der Waals surface area contributed by atoms with E-state index in [0.717, 1.165) is 16.5 Å². The van der Waals surface area contributed by atoms with E-state index in [1.54, 1.807) is 32.0 Å². The maximum Gasteiger partial charge on any atom is 0.320 e. The maximum absolute atomic E-state index is 14.2. The SMILES string of the molecule is CN[C@H](C(=O)N[C@H](C(=O)N(C)[C@H](/C=C(\C)C(=O)NCCCC[C@@H](N)C(=O)O)C(C)C)C(C)(C)C)C(C)(C)c1cn(C)c2ccccc12. The molecule has 2 rings (SSSR count). The fourth-order valence-corrected chi connectivity index (χ4v) is 6.09. The Bertz CT molecular complexity index is 1440. The number of likely N-dealkylation sites (N-methyl/N-ethyl adjacent to an activating group) is 2. The number of aromatic nitrogens is 1. The first-order chi connectivity index (χ1) is 21.7. The number of carboxylic acids is 1. The molecule has 3 amide bonds. The molecule has 0 fully saturated rings. The Morgan fingerprint density at radius 2 is 1.66 bits per heavy atom. The number of hydrogen-bond donors (Lipinski definition) is 5. The number of nitrogens with two attached hydrogens (primary N) is 1. The summed E-state index contributed by atoms with van der Waals surface area (Å²) in [6, 6.07) is 5.32. The number of benzene rings is 1. The fourth-order valence-electron chi connectivity index (χ4n) is 6.09. The zero-order valence-corrected chi connectivity index (χ0v) is 30.2. The molecule has 262 valence electrons. The van der Waals surface area contributed by atoms with Gasteiger partial charge in [-0.25, -0.2) is 0 Å². The van der Waals surface area contributed by atoms with Crippen molar-refractivity contribution in [1.82, 2.24) is 25.4 Å². The van der Waals surface area contributed by atoms with E-state index in [1.165, 1.54) is 0 Å². The molecule has 11 heteroatoms. The van der Waals surface area contributed by atoms with Crippen molar-refractivity contribution in [3.8, 4) is 0 Å². The van der Waals surface area contributed by atoms with E-state index in [4.69, 9.17) is 10.8 Å². The average molecular weight is 655 g/mol. The highest BCUT2D eigenvalue weighted by molar-refractivity contribution is 5.94. The van der Waals surface area contributed by atoms with E-state index in [0.29, 0.717) is 31.4 Å². The number of unbranched alkanes of at least 4 members (excludes halogenated alkanes) is 1. The normalized spacial score (nSPS) is 15.2. The molecule has 4 atom stereocenters. The molecule has 1 heterocycles. The summed E-state index contributed by atoms with van der Waals surface area (Å²) < 4.78 is 2.06. The van der Waals surface area contributed by atoms with Crippen LogP contribution in [0.15, 0.2) is 42.1 Å². The molecule has 0 saturated heterocycles. The topological polar surface area (TPSA) is 159 Å². The number of fused-ring (bicyclic) bond motifs is 1. The van der Waals surface area contributed by atoms with Crippen LogP contribution in [0, 0.1) is 11.3 Å². The van der Waals surface area contributed by atoms with Crippen LogP contribution in [0.1, 0.15) is 80.2 Å². The molecule has 1 aromatic carbocycles. The predicted octanol–water partition coefficient (Wildman–Crippen LogP) is 3.70. The molecule has 0 aliphatic heterocycles. The highest BCUT2D eigenvalue weighted by Crippen LogP contribution is 2.35. The van der Waals surface area contributed by atoms with Gasteiger partial charge in [0, 0.05) is 48.7 Å². The van der Waals surface area contributed by atoms with Crippen molar-refractivity contribution in [3.05, 3.63) is 47.7 Å². The van der Waals surface area contributed by atoms with Crippen LogP contribution in [0.3, 0.4) is 0 Å². The number of carbonyl (C=O) groups excluding carboxylic acids is 3. The van der Waals surface area contributed by atoms with Gasteiger partial charge in [-0.15, -0.1) is 0 Å². The molecule has 6 N–H and O–H groups in total. The molecule has 0 unspecified atom stereocenters. The van der Waals surface area contributed by atoms with Crippen molar-refractivity contribution in [2.24, 2.45) is 24.1 Å². The minimum Gasteiger partial charge on any atom is -0.480 e. The van der Waals surface area contributed by atoms with E-state index in [1.807, 2.05) is 67.6 Å². The van der Waals surface area contributed by atoms with Gasteiger partial charge in [0.15, 0.2) is 0 Å². The lowest BCUT2D eigenvalue weighted by atomic mass is 9.76. The van der Waals surface area contributed by atoms with E-state index in [-0.39, 0.29) is 23.6 Å². The zero-order valence-electron chi connectivity index (χ0n) is 30.2. The molecule has 0 aliphatic rings. The van der Waals surface area contributed by atoms with Crippen molar-refractivity contribution < 1.29 is 24.3 Å². The average Bonchev–Trinajstić information content (AvgIpc) is 3.34. The number of nitrogens with one attached hydrogen (secondary N) is 3. The van der Waals surface area contributed by atoms with E-state index >= 15 is 0 Å². The quantitative estimate of drug-likeness (QED) is 0.136. The third kappa shape index (κ3) is 9.90. The Morgan fingerprint density at radius 3 is 2.21 bits per heavy atom. The Labute approximate surface area is 280 Å². The number of hydrogen-bond acceptors (Lipinski definition) is 6. The summed E-state index contributed by atoms with van der Waals surface area (Å²) in [5, 5.41) is 19.2. The van der Waals surface area contributed by atoms with Crippen molar-refractivity contribution in [2.45, 2.75) is 104 Å². The van der Waals surface area contributed by atoms with Crippen LogP contribution < -0.4 is 21.7 Å². The van der Waals surface area contributed by atoms with Gasteiger partial charge >= 0.3 is 5.97 Å². The minimum atomic E-state index is -1.04. The Hall–Kier alpha value is -3.70. The fraction of sp³-hybridized carbons (Fsp3) is 0.611. The lowest BCUT2D eigenvalue weighted by molar-refractivity contribution is -0.141. The molecule has 47 heavy (non-hydrogen) atoms. The number of carboxylic acid groups (broad SMARTS) is 1. The Balaban J connectivity index is 2.24. The van der Waals surface area contributed by atoms with Gasteiger partial charge in [0.05, 0.1) is 12.1 Å². The third-order valence-electron chi connectivity index (χ3n) is 9.06. The van der Waals surface area contributed by atoms with Gasteiger partial charge in [0.25, 0.3) is 0 Å². The summed E-state index contributed by atoms with van der Waals surface area (Å²) in [4.78, 5) is 53.6. The molecule has 0 aliphatic carbocycles. The largest absolute Gasteiger partial charge is 0.480 e. The summed E-state index contributed by atoms with van der Waals surface area (Å²) in [6.07, 6.45) is 5.37. The molecule has 11 nitrogen and oxygen atoms in total. The second-order valence-corrected chi connectivity index (χ2v) is 14.7. The Morgan fingerprint density at radius 1 is 1.04 bits per heavy atom. The van der Waals surface area contributed by atoms with Gasteiger partial charge in [0.1, 0.15) is 12.1 Å². The van der Waals surface area contributed by atoms with Crippen LogP contribution in [0.4, 0.5) is 0 Å². The van der Waals surface area contributed by atoms with Gasteiger partial charge < -0.3 is 36.3 Å². The summed E-state index contributed by atoms with van der Waals surface area (Å²) in [5.74, 6) is -1.83. The molecule has 1 aromatic heterocycles. The smallest absolute Gasteiger partial charge is 0.320 e. The lowest BCUT2D eigenvalue weighted by Gasteiger charge is -2.39. The Kier molecular flexibility index (Phi) is 13.8. The van der Waals surface area contributed by atoms with Crippen LogP contribution in [0.25, 0.3) is 10.9 Å². The molecule has 0 bridgehead atoms. The maximum atomic E-state index is 14.2. The number of carbonyl (C=O) groups is 4. The molecule has 0 spiro atoms.